The van der Waals surface area contributed by atoms with Gasteiger partial charge in [-0.3, -0.25) is 9.69 Å². The van der Waals surface area contributed by atoms with Gasteiger partial charge in [0.1, 0.15) is 0 Å². The lowest BCUT2D eigenvalue weighted by molar-refractivity contribution is -0.132. The Morgan fingerprint density at radius 3 is 2.81 bits per heavy atom. The van der Waals surface area contributed by atoms with Crippen molar-refractivity contribution in [3.05, 3.63) is 0 Å². The van der Waals surface area contributed by atoms with Gasteiger partial charge in [0.2, 0.25) is 5.91 Å². The number of terminal acetylenes is 1. The van der Waals surface area contributed by atoms with Gasteiger partial charge < -0.3 is 10.2 Å². The third-order valence-electron chi connectivity index (χ3n) is 2.74. The third kappa shape index (κ3) is 4.65. The molecule has 1 rings (SSSR count). The van der Waals surface area contributed by atoms with Crippen LogP contribution in [0.3, 0.4) is 0 Å². The standard InChI is InChI=1S/C12H21N3O/c1-3-4-5-8-14(2)11-12(16)15-9-6-13-7-10-15/h1,13H,4-11H2,2H3. The molecule has 1 saturated heterocycles. The number of likely N-dealkylation sites (N-methyl/N-ethyl adjacent to an activating group) is 1. The van der Waals surface area contributed by atoms with Crippen molar-refractivity contribution in [1.82, 2.24) is 15.1 Å². The van der Waals surface area contributed by atoms with Gasteiger partial charge in [0.15, 0.2) is 0 Å². The maximum absolute atomic E-state index is 11.9. The molecule has 1 aliphatic heterocycles. The van der Waals surface area contributed by atoms with Gasteiger partial charge in [0, 0.05) is 32.6 Å². The van der Waals surface area contributed by atoms with Gasteiger partial charge in [0.05, 0.1) is 6.54 Å². The number of amides is 1. The van der Waals surface area contributed by atoms with Crippen molar-refractivity contribution in [2.75, 3.05) is 46.3 Å². The summed E-state index contributed by atoms with van der Waals surface area (Å²) < 4.78 is 0. The quantitative estimate of drug-likeness (QED) is 0.516. The predicted molar refractivity (Wildman–Crippen MR) is 65.0 cm³/mol. The number of nitrogens with zero attached hydrogens (tertiary/aromatic N) is 2. The summed E-state index contributed by atoms with van der Waals surface area (Å²) in [5.74, 6) is 2.84. The van der Waals surface area contributed by atoms with Crippen LogP contribution in [0.2, 0.25) is 0 Å². The number of piperazine rings is 1. The molecule has 0 bridgehead atoms. The molecule has 0 aromatic heterocycles. The maximum atomic E-state index is 11.9. The van der Waals surface area contributed by atoms with Crippen LogP contribution in [-0.4, -0.2) is 62.0 Å². The number of hydrogen-bond donors (Lipinski definition) is 1. The SMILES string of the molecule is C#CCCCN(C)CC(=O)N1CCNCC1. The Morgan fingerprint density at radius 2 is 2.19 bits per heavy atom. The fourth-order valence-corrected chi connectivity index (χ4v) is 1.78. The molecule has 1 N–H and O–H groups in total. The Labute approximate surface area is 98.0 Å². The number of nitrogens with one attached hydrogen (secondary N) is 1. The van der Waals surface area contributed by atoms with Crippen LogP contribution < -0.4 is 5.32 Å². The Balaban J connectivity index is 2.19. The van der Waals surface area contributed by atoms with Gasteiger partial charge in [-0.2, -0.15) is 0 Å². The smallest absolute Gasteiger partial charge is 0.236 e. The van der Waals surface area contributed by atoms with E-state index in [1.165, 1.54) is 0 Å². The molecule has 0 radical (unpaired) electrons. The van der Waals surface area contributed by atoms with E-state index in [0.717, 1.165) is 45.6 Å². The highest BCUT2D eigenvalue weighted by Crippen LogP contribution is 1.97. The van der Waals surface area contributed by atoms with Gasteiger partial charge in [-0.1, -0.05) is 0 Å². The molecule has 1 aliphatic rings. The molecule has 1 heterocycles. The summed E-state index contributed by atoms with van der Waals surface area (Å²) in [6.45, 7) is 4.87. The third-order valence-corrected chi connectivity index (χ3v) is 2.74. The fraction of sp³-hybridized carbons (Fsp3) is 0.750. The van der Waals surface area contributed by atoms with Gasteiger partial charge in [-0.15, -0.1) is 12.3 Å². The Morgan fingerprint density at radius 1 is 1.50 bits per heavy atom. The molecule has 0 atom stereocenters. The number of carbonyl (C=O) groups is 1. The Hall–Kier alpha value is -1.05. The van der Waals surface area contributed by atoms with Crippen LogP contribution >= 0.6 is 0 Å². The van der Waals surface area contributed by atoms with E-state index < -0.39 is 0 Å². The highest BCUT2D eigenvalue weighted by molar-refractivity contribution is 5.78. The van der Waals surface area contributed by atoms with E-state index in [1.807, 2.05) is 16.8 Å². The lowest BCUT2D eigenvalue weighted by atomic mass is 10.3. The molecule has 0 aromatic rings. The average Bonchev–Trinajstić information content (AvgIpc) is 2.30. The summed E-state index contributed by atoms with van der Waals surface area (Å²) in [5.41, 5.74) is 0. The van der Waals surface area contributed by atoms with Crippen molar-refractivity contribution in [3.63, 3.8) is 0 Å². The molecular weight excluding hydrogens is 202 g/mol. The van der Waals surface area contributed by atoms with E-state index in [9.17, 15) is 4.79 Å². The predicted octanol–water partition coefficient (Wildman–Crippen LogP) is -0.237. The number of carbonyl (C=O) groups excluding carboxylic acids is 1. The summed E-state index contributed by atoms with van der Waals surface area (Å²) in [5, 5.41) is 3.24. The van der Waals surface area contributed by atoms with E-state index in [2.05, 4.69) is 11.2 Å². The summed E-state index contributed by atoms with van der Waals surface area (Å²) in [4.78, 5) is 15.8. The van der Waals surface area contributed by atoms with Crippen molar-refractivity contribution in [2.45, 2.75) is 12.8 Å². The molecular formula is C12H21N3O. The summed E-state index contributed by atoms with van der Waals surface area (Å²) in [6.07, 6.45) is 6.93. The number of hydrogen-bond acceptors (Lipinski definition) is 3. The van der Waals surface area contributed by atoms with Crippen LogP contribution in [0.25, 0.3) is 0 Å². The van der Waals surface area contributed by atoms with Crippen LogP contribution in [0.15, 0.2) is 0 Å². The van der Waals surface area contributed by atoms with Crippen molar-refractivity contribution >= 4 is 5.91 Å². The first-order valence-corrected chi connectivity index (χ1v) is 5.84. The second kappa shape index (κ2) is 7.26. The monoisotopic (exact) mass is 223 g/mol. The molecule has 16 heavy (non-hydrogen) atoms. The maximum Gasteiger partial charge on any atom is 0.236 e. The van der Waals surface area contributed by atoms with Crippen LogP contribution in [0.4, 0.5) is 0 Å². The van der Waals surface area contributed by atoms with Gasteiger partial charge >= 0.3 is 0 Å². The topological polar surface area (TPSA) is 35.6 Å². The molecule has 0 spiro atoms. The van der Waals surface area contributed by atoms with E-state index >= 15 is 0 Å². The van der Waals surface area contributed by atoms with E-state index in [4.69, 9.17) is 6.42 Å². The van der Waals surface area contributed by atoms with E-state index in [-0.39, 0.29) is 5.91 Å². The van der Waals surface area contributed by atoms with Crippen molar-refractivity contribution in [1.29, 1.82) is 0 Å². The second-order valence-corrected chi connectivity index (χ2v) is 4.18. The molecule has 90 valence electrons. The molecule has 0 unspecified atom stereocenters. The van der Waals surface area contributed by atoms with Crippen LogP contribution in [0.1, 0.15) is 12.8 Å². The first kappa shape index (κ1) is 13.0. The minimum absolute atomic E-state index is 0.227. The van der Waals surface area contributed by atoms with Gasteiger partial charge in [-0.25, -0.2) is 0 Å². The van der Waals surface area contributed by atoms with Crippen LogP contribution in [0.5, 0.6) is 0 Å². The molecule has 1 fully saturated rings. The summed E-state index contributed by atoms with van der Waals surface area (Å²) in [6, 6.07) is 0. The Kier molecular flexibility index (Phi) is 5.91. The second-order valence-electron chi connectivity index (χ2n) is 4.18. The van der Waals surface area contributed by atoms with E-state index in [0.29, 0.717) is 6.54 Å². The normalized spacial score (nSPS) is 16.2. The summed E-state index contributed by atoms with van der Waals surface area (Å²) >= 11 is 0. The van der Waals surface area contributed by atoms with Gasteiger partial charge in [0.25, 0.3) is 0 Å². The largest absolute Gasteiger partial charge is 0.339 e. The molecule has 0 aromatic carbocycles. The highest BCUT2D eigenvalue weighted by Gasteiger charge is 2.16. The molecule has 0 saturated carbocycles. The first-order chi connectivity index (χ1) is 7.74. The van der Waals surface area contributed by atoms with Crippen molar-refractivity contribution < 1.29 is 4.79 Å². The number of rotatable bonds is 5. The van der Waals surface area contributed by atoms with Crippen molar-refractivity contribution in [2.24, 2.45) is 0 Å². The zero-order valence-electron chi connectivity index (χ0n) is 10.0. The summed E-state index contributed by atoms with van der Waals surface area (Å²) in [7, 11) is 1.97. The minimum atomic E-state index is 0.227. The molecule has 4 heteroatoms. The van der Waals surface area contributed by atoms with Crippen LogP contribution in [-0.2, 0) is 4.79 Å². The zero-order chi connectivity index (χ0) is 11.8. The fourth-order valence-electron chi connectivity index (χ4n) is 1.78. The Bertz CT molecular complexity index is 253. The highest BCUT2D eigenvalue weighted by atomic mass is 16.2. The van der Waals surface area contributed by atoms with Crippen molar-refractivity contribution in [3.8, 4) is 12.3 Å². The molecule has 4 nitrogen and oxygen atoms in total. The zero-order valence-corrected chi connectivity index (χ0v) is 10.0. The average molecular weight is 223 g/mol. The lowest BCUT2D eigenvalue weighted by Gasteiger charge is -2.29. The minimum Gasteiger partial charge on any atom is -0.339 e. The van der Waals surface area contributed by atoms with E-state index in [1.54, 1.807) is 0 Å². The molecule has 0 aliphatic carbocycles. The lowest BCUT2D eigenvalue weighted by Crippen LogP contribution is -2.49. The van der Waals surface area contributed by atoms with Gasteiger partial charge in [-0.05, 0) is 20.0 Å². The molecule has 1 amide bonds. The number of unbranched alkanes of at least 4 members (excludes halogenated alkanes) is 1. The first-order valence-electron chi connectivity index (χ1n) is 5.84. The van der Waals surface area contributed by atoms with Crippen LogP contribution in [0, 0.1) is 12.3 Å².